The zero-order valence-corrected chi connectivity index (χ0v) is 11.1. The van der Waals surface area contributed by atoms with Crippen LogP contribution in [-0.2, 0) is 6.54 Å². The van der Waals surface area contributed by atoms with Crippen molar-refractivity contribution in [2.24, 2.45) is 0 Å². The SMILES string of the molecule is O=[N+]([O-])c1ccc(CN2C(O)c3ccccc3C2O)cc1. The average molecular weight is 286 g/mol. The Kier molecular flexibility index (Phi) is 3.42. The van der Waals surface area contributed by atoms with Gasteiger partial charge in [0.1, 0.15) is 12.5 Å². The number of non-ortho nitro benzene ring substituents is 1. The van der Waals surface area contributed by atoms with Crippen LogP contribution in [0.3, 0.4) is 0 Å². The van der Waals surface area contributed by atoms with Crippen molar-refractivity contribution in [2.75, 3.05) is 0 Å². The summed E-state index contributed by atoms with van der Waals surface area (Å²) in [5.41, 5.74) is 2.18. The number of hydrogen-bond acceptors (Lipinski definition) is 5. The Morgan fingerprint density at radius 1 is 1.00 bits per heavy atom. The molecule has 1 aliphatic rings. The normalized spacial score (nSPS) is 21.2. The van der Waals surface area contributed by atoms with Crippen molar-refractivity contribution in [3.05, 3.63) is 75.3 Å². The molecule has 2 unspecified atom stereocenters. The third kappa shape index (κ3) is 2.40. The Bertz CT molecular complexity index is 643. The number of fused-ring (bicyclic) bond motifs is 1. The minimum absolute atomic E-state index is 0.0181. The lowest BCUT2D eigenvalue weighted by molar-refractivity contribution is -0.384. The minimum Gasteiger partial charge on any atom is -0.374 e. The van der Waals surface area contributed by atoms with Crippen LogP contribution in [-0.4, -0.2) is 20.0 Å². The summed E-state index contributed by atoms with van der Waals surface area (Å²) in [5, 5.41) is 31.2. The fraction of sp³-hybridized carbons (Fsp3) is 0.200. The van der Waals surface area contributed by atoms with Gasteiger partial charge in [-0.25, -0.2) is 4.90 Å². The molecule has 6 heteroatoms. The van der Waals surface area contributed by atoms with E-state index in [1.54, 1.807) is 24.3 Å². The van der Waals surface area contributed by atoms with Gasteiger partial charge in [-0.2, -0.15) is 0 Å². The predicted molar refractivity (Wildman–Crippen MR) is 75.0 cm³/mol. The highest BCUT2D eigenvalue weighted by molar-refractivity contribution is 5.36. The summed E-state index contributed by atoms with van der Waals surface area (Å²) >= 11 is 0. The molecule has 0 fully saturated rings. The Labute approximate surface area is 121 Å². The molecule has 0 spiro atoms. The van der Waals surface area contributed by atoms with Crippen LogP contribution in [0.2, 0.25) is 0 Å². The second kappa shape index (κ2) is 5.25. The van der Waals surface area contributed by atoms with Gasteiger partial charge in [-0.15, -0.1) is 0 Å². The minimum atomic E-state index is -0.883. The third-order valence-electron chi connectivity index (χ3n) is 3.69. The van der Waals surface area contributed by atoms with Gasteiger partial charge in [0.2, 0.25) is 0 Å². The summed E-state index contributed by atoms with van der Waals surface area (Å²) in [6.45, 7) is 0.301. The fourth-order valence-corrected chi connectivity index (χ4v) is 2.58. The summed E-state index contributed by atoms with van der Waals surface area (Å²) in [7, 11) is 0. The number of hydrogen-bond donors (Lipinski definition) is 2. The van der Waals surface area contributed by atoms with Crippen molar-refractivity contribution in [3.63, 3.8) is 0 Å². The second-order valence-electron chi connectivity index (χ2n) is 4.97. The van der Waals surface area contributed by atoms with Crippen molar-refractivity contribution in [3.8, 4) is 0 Å². The molecule has 0 amide bonds. The van der Waals surface area contributed by atoms with E-state index in [2.05, 4.69) is 0 Å². The van der Waals surface area contributed by atoms with Crippen molar-refractivity contribution in [1.82, 2.24) is 4.90 Å². The molecule has 0 aromatic heterocycles. The Hall–Kier alpha value is -2.28. The van der Waals surface area contributed by atoms with Gasteiger partial charge in [-0.3, -0.25) is 10.1 Å². The Balaban J connectivity index is 1.81. The Morgan fingerprint density at radius 2 is 1.52 bits per heavy atom. The maximum Gasteiger partial charge on any atom is 0.269 e. The molecule has 2 aromatic carbocycles. The molecule has 0 saturated carbocycles. The van der Waals surface area contributed by atoms with Crippen LogP contribution >= 0.6 is 0 Å². The maximum atomic E-state index is 10.6. The summed E-state index contributed by atoms with van der Waals surface area (Å²) < 4.78 is 0. The zero-order valence-electron chi connectivity index (χ0n) is 11.1. The molecule has 0 saturated heterocycles. The summed E-state index contributed by atoms with van der Waals surface area (Å²) in [5.74, 6) is 0. The standard InChI is InChI=1S/C15H14N2O4/c18-14-12-3-1-2-4-13(12)15(19)16(14)9-10-5-7-11(8-6-10)17(20)21/h1-8,14-15,18-19H,9H2. The van der Waals surface area contributed by atoms with E-state index in [1.165, 1.54) is 17.0 Å². The molecule has 6 nitrogen and oxygen atoms in total. The first-order valence-electron chi connectivity index (χ1n) is 6.52. The van der Waals surface area contributed by atoms with Gasteiger partial charge in [-0.1, -0.05) is 36.4 Å². The molecule has 3 rings (SSSR count). The summed E-state index contributed by atoms with van der Waals surface area (Å²) in [4.78, 5) is 11.7. The van der Waals surface area contributed by atoms with Gasteiger partial charge in [0.05, 0.1) is 4.92 Å². The number of nitrogens with zero attached hydrogens (tertiary/aromatic N) is 2. The topological polar surface area (TPSA) is 86.8 Å². The molecule has 1 aliphatic heterocycles. The summed E-state index contributed by atoms with van der Waals surface area (Å²) in [6.07, 6.45) is -1.77. The smallest absolute Gasteiger partial charge is 0.269 e. The first kappa shape index (κ1) is 13.7. The van der Waals surface area contributed by atoms with E-state index >= 15 is 0 Å². The number of nitro groups is 1. The van der Waals surface area contributed by atoms with Crippen LogP contribution in [0.4, 0.5) is 5.69 Å². The molecule has 21 heavy (non-hydrogen) atoms. The number of aliphatic hydroxyl groups excluding tert-OH is 2. The molecule has 108 valence electrons. The first-order valence-corrected chi connectivity index (χ1v) is 6.52. The lowest BCUT2D eigenvalue weighted by Crippen LogP contribution is -2.25. The van der Waals surface area contributed by atoms with E-state index in [1.807, 2.05) is 12.1 Å². The van der Waals surface area contributed by atoms with E-state index in [0.717, 1.165) is 5.56 Å². The largest absolute Gasteiger partial charge is 0.374 e. The number of nitro benzene ring substituents is 1. The molecule has 2 N–H and O–H groups in total. The van der Waals surface area contributed by atoms with Crippen molar-refractivity contribution >= 4 is 5.69 Å². The molecule has 0 bridgehead atoms. The lowest BCUT2D eigenvalue weighted by atomic mass is 10.1. The van der Waals surface area contributed by atoms with Crippen LogP contribution in [0.25, 0.3) is 0 Å². The highest BCUT2D eigenvalue weighted by Crippen LogP contribution is 2.39. The number of aliphatic hydroxyl groups is 2. The van der Waals surface area contributed by atoms with Crippen molar-refractivity contribution < 1.29 is 15.1 Å². The quantitative estimate of drug-likeness (QED) is 0.666. The van der Waals surface area contributed by atoms with Gasteiger partial charge in [0.25, 0.3) is 5.69 Å². The number of rotatable bonds is 3. The first-order chi connectivity index (χ1) is 10.1. The molecule has 2 atom stereocenters. The van der Waals surface area contributed by atoms with Gasteiger partial charge >= 0.3 is 0 Å². The molecule has 2 aromatic rings. The van der Waals surface area contributed by atoms with E-state index in [-0.39, 0.29) is 5.69 Å². The summed E-state index contributed by atoms with van der Waals surface area (Å²) in [6, 6.07) is 13.3. The van der Waals surface area contributed by atoms with Gasteiger partial charge in [0.15, 0.2) is 0 Å². The van der Waals surface area contributed by atoms with Gasteiger partial charge in [0, 0.05) is 29.8 Å². The molecule has 1 heterocycles. The lowest BCUT2D eigenvalue weighted by Gasteiger charge is -2.24. The molecular formula is C15H14N2O4. The second-order valence-corrected chi connectivity index (χ2v) is 4.97. The van der Waals surface area contributed by atoms with E-state index in [9.17, 15) is 20.3 Å². The van der Waals surface area contributed by atoms with Gasteiger partial charge in [-0.05, 0) is 5.56 Å². The molecule has 0 radical (unpaired) electrons. The van der Waals surface area contributed by atoms with Crippen LogP contribution in [0.1, 0.15) is 29.1 Å². The predicted octanol–water partition coefficient (Wildman–Crippen LogP) is 2.09. The van der Waals surface area contributed by atoms with Crippen LogP contribution in [0, 0.1) is 10.1 Å². The highest BCUT2D eigenvalue weighted by atomic mass is 16.6. The zero-order chi connectivity index (χ0) is 15.0. The van der Waals surface area contributed by atoms with Crippen LogP contribution in [0.5, 0.6) is 0 Å². The highest BCUT2D eigenvalue weighted by Gasteiger charge is 2.35. The van der Waals surface area contributed by atoms with Crippen LogP contribution < -0.4 is 0 Å². The van der Waals surface area contributed by atoms with Gasteiger partial charge < -0.3 is 10.2 Å². The number of benzene rings is 2. The maximum absolute atomic E-state index is 10.6. The average Bonchev–Trinajstić information content (AvgIpc) is 2.73. The molecule has 0 aliphatic carbocycles. The van der Waals surface area contributed by atoms with Crippen molar-refractivity contribution in [1.29, 1.82) is 0 Å². The molecular weight excluding hydrogens is 272 g/mol. The fourth-order valence-electron chi connectivity index (χ4n) is 2.58. The van der Waals surface area contributed by atoms with E-state index in [0.29, 0.717) is 17.7 Å². The van der Waals surface area contributed by atoms with E-state index in [4.69, 9.17) is 0 Å². The van der Waals surface area contributed by atoms with Crippen molar-refractivity contribution in [2.45, 2.75) is 19.0 Å². The monoisotopic (exact) mass is 286 g/mol. The Morgan fingerprint density at radius 3 is 2.00 bits per heavy atom. The third-order valence-corrected chi connectivity index (χ3v) is 3.69. The van der Waals surface area contributed by atoms with E-state index < -0.39 is 17.4 Å². The van der Waals surface area contributed by atoms with Crippen LogP contribution in [0.15, 0.2) is 48.5 Å².